The molecular formula is C4H7NaO2S. The Morgan fingerprint density at radius 1 is 1.75 bits per heavy atom. The third kappa shape index (κ3) is 9.94. The van der Waals surface area contributed by atoms with E-state index in [2.05, 4.69) is 0 Å². The number of carbonyl (C=O) groups is 1. The van der Waals surface area contributed by atoms with E-state index in [9.17, 15) is 9.90 Å². The van der Waals surface area contributed by atoms with Gasteiger partial charge in [-0.05, 0) is 18.4 Å². The van der Waals surface area contributed by atoms with Crippen molar-refractivity contribution in [1.29, 1.82) is 0 Å². The van der Waals surface area contributed by atoms with Crippen molar-refractivity contribution in [3.63, 3.8) is 0 Å². The molecule has 0 rings (SSSR count). The third-order valence-corrected chi connectivity index (χ3v) is 1.12. The number of rotatable bonds is 3. The predicted molar refractivity (Wildman–Crippen MR) is 28.0 cm³/mol. The third-order valence-electron chi connectivity index (χ3n) is 0.510. The van der Waals surface area contributed by atoms with Crippen molar-refractivity contribution in [1.82, 2.24) is 0 Å². The molecular weight excluding hydrogens is 135 g/mol. The fourth-order valence-corrected chi connectivity index (χ4v) is 0.556. The zero-order chi connectivity index (χ0) is 5.70. The van der Waals surface area contributed by atoms with Crippen molar-refractivity contribution in [3.8, 4) is 0 Å². The van der Waals surface area contributed by atoms with E-state index in [-0.39, 0.29) is 36.0 Å². The molecule has 0 aromatic carbocycles. The van der Waals surface area contributed by atoms with Crippen LogP contribution in [0, 0.1) is 0 Å². The van der Waals surface area contributed by atoms with Crippen LogP contribution >= 0.6 is 11.8 Å². The van der Waals surface area contributed by atoms with Crippen LogP contribution in [0.3, 0.4) is 0 Å². The summed E-state index contributed by atoms with van der Waals surface area (Å²) in [6.07, 6.45) is 2.03. The summed E-state index contributed by atoms with van der Waals surface area (Å²) in [5.74, 6) is -0.308. The van der Waals surface area contributed by atoms with Gasteiger partial charge in [-0.1, -0.05) is 0 Å². The van der Waals surface area contributed by atoms with Crippen molar-refractivity contribution in [2.45, 2.75) is 6.42 Å². The van der Waals surface area contributed by atoms with Crippen LogP contribution in [0.5, 0.6) is 0 Å². The van der Waals surface area contributed by atoms with Gasteiger partial charge in [0.2, 0.25) is 0 Å². The minimum absolute atomic E-state index is 0. The summed E-state index contributed by atoms with van der Waals surface area (Å²) >= 11 is 1.51. The van der Waals surface area contributed by atoms with Gasteiger partial charge in [-0.3, -0.25) is 0 Å². The van der Waals surface area contributed by atoms with Crippen LogP contribution in [0.15, 0.2) is 0 Å². The Labute approximate surface area is 75.3 Å². The molecule has 0 spiro atoms. The summed E-state index contributed by atoms with van der Waals surface area (Å²) in [6, 6.07) is 0. The molecule has 0 aromatic rings. The molecule has 0 N–H and O–H groups in total. The molecule has 0 aliphatic rings. The van der Waals surface area contributed by atoms with E-state index in [1.807, 2.05) is 6.26 Å². The molecule has 8 heavy (non-hydrogen) atoms. The van der Waals surface area contributed by atoms with Crippen molar-refractivity contribution >= 4 is 17.7 Å². The summed E-state index contributed by atoms with van der Waals surface area (Å²) in [4.78, 5) is 9.63. The molecule has 0 heterocycles. The van der Waals surface area contributed by atoms with Gasteiger partial charge in [0.1, 0.15) is 0 Å². The standard InChI is InChI=1S/C4H8O2S.Na/c1-7-3-2-4(5)6;/h2-3H2,1H3,(H,5,6);/q;+1/p-1. The first kappa shape index (κ1) is 11.6. The van der Waals surface area contributed by atoms with Gasteiger partial charge in [0.15, 0.2) is 0 Å². The van der Waals surface area contributed by atoms with Crippen molar-refractivity contribution < 1.29 is 39.5 Å². The van der Waals surface area contributed by atoms with Gasteiger partial charge in [-0.15, -0.1) is 0 Å². The van der Waals surface area contributed by atoms with Crippen LogP contribution in [-0.4, -0.2) is 18.0 Å². The fourth-order valence-electron chi connectivity index (χ4n) is 0.185. The molecule has 42 valence electrons. The monoisotopic (exact) mass is 142 g/mol. The van der Waals surface area contributed by atoms with Crippen molar-refractivity contribution in [2.24, 2.45) is 0 Å². The van der Waals surface area contributed by atoms with E-state index in [0.29, 0.717) is 5.75 Å². The summed E-state index contributed by atoms with van der Waals surface area (Å²) < 4.78 is 0. The number of thioether (sulfide) groups is 1. The number of hydrogen-bond acceptors (Lipinski definition) is 3. The van der Waals surface area contributed by atoms with Gasteiger partial charge in [0.25, 0.3) is 0 Å². The molecule has 0 saturated heterocycles. The maximum absolute atomic E-state index is 9.63. The Kier molecular flexibility index (Phi) is 11.3. The Hall–Kier alpha value is 0.820. The molecule has 0 saturated carbocycles. The van der Waals surface area contributed by atoms with E-state index in [1.54, 1.807) is 0 Å². The van der Waals surface area contributed by atoms with E-state index < -0.39 is 5.97 Å². The van der Waals surface area contributed by atoms with Gasteiger partial charge in [0.05, 0.1) is 0 Å². The van der Waals surface area contributed by atoms with Crippen LogP contribution in [-0.2, 0) is 4.79 Å². The van der Waals surface area contributed by atoms with Crippen LogP contribution < -0.4 is 34.7 Å². The number of hydrogen-bond donors (Lipinski definition) is 0. The van der Waals surface area contributed by atoms with E-state index in [0.717, 1.165) is 0 Å². The maximum Gasteiger partial charge on any atom is 1.00 e. The SMILES string of the molecule is CSCCC(=O)[O-].[Na+]. The smallest absolute Gasteiger partial charge is 0.550 e. The number of aliphatic carboxylic acids is 1. The topological polar surface area (TPSA) is 40.1 Å². The van der Waals surface area contributed by atoms with Gasteiger partial charge in [0, 0.05) is 5.97 Å². The first-order chi connectivity index (χ1) is 3.27. The summed E-state index contributed by atoms with van der Waals surface area (Å²) in [5.41, 5.74) is 0. The van der Waals surface area contributed by atoms with Crippen molar-refractivity contribution in [3.05, 3.63) is 0 Å². The average molecular weight is 142 g/mol. The zero-order valence-electron chi connectivity index (χ0n) is 5.14. The molecule has 0 atom stereocenters. The number of carboxylic acid groups (broad SMARTS) is 1. The number of carboxylic acids is 1. The zero-order valence-corrected chi connectivity index (χ0v) is 7.96. The minimum atomic E-state index is -0.964. The van der Waals surface area contributed by atoms with Crippen molar-refractivity contribution in [2.75, 3.05) is 12.0 Å². The average Bonchev–Trinajstić information content (AvgIpc) is 1.61. The first-order valence-corrected chi connectivity index (χ1v) is 3.35. The van der Waals surface area contributed by atoms with Crippen LogP contribution in [0.4, 0.5) is 0 Å². The van der Waals surface area contributed by atoms with Gasteiger partial charge < -0.3 is 9.90 Å². The molecule has 0 amide bonds. The summed E-state index contributed by atoms with van der Waals surface area (Å²) in [7, 11) is 0. The Morgan fingerprint density at radius 3 is 2.38 bits per heavy atom. The molecule has 0 radical (unpaired) electrons. The Morgan fingerprint density at radius 2 is 2.25 bits per heavy atom. The predicted octanol–water partition coefficient (Wildman–Crippen LogP) is -3.51. The largest absolute Gasteiger partial charge is 1.00 e. The second kappa shape index (κ2) is 7.82. The van der Waals surface area contributed by atoms with Gasteiger partial charge in [-0.25, -0.2) is 0 Å². The van der Waals surface area contributed by atoms with E-state index in [1.165, 1.54) is 11.8 Å². The second-order valence-electron chi connectivity index (χ2n) is 1.11. The Balaban J connectivity index is 0. The van der Waals surface area contributed by atoms with Crippen LogP contribution in [0.1, 0.15) is 6.42 Å². The molecule has 0 aromatic heterocycles. The Bertz CT molecular complexity index is 67.1. The number of carbonyl (C=O) groups excluding carboxylic acids is 1. The quantitative estimate of drug-likeness (QED) is 0.384. The minimum Gasteiger partial charge on any atom is -0.550 e. The van der Waals surface area contributed by atoms with Crippen LogP contribution in [0.25, 0.3) is 0 Å². The summed E-state index contributed by atoms with van der Waals surface area (Å²) in [5, 5.41) is 9.63. The molecule has 0 aliphatic heterocycles. The molecule has 0 bridgehead atoms. The normalized spacial score (nSPS) is 7.62. The molecule has 2 nitrogen and oxygen atoms in total. The van der Waals surface area contributed by atoms with Crippen LogP contribution in [0.2, 0.25) is 0 Å². The van der Waals surface area contributed by atoms with Gasteiger partial charge >= 0.3 is 29.6 Å². The van der Waals surface area contributed by atoms with E-state index in [4.69, 9.17) is 0 Å². The first-order valence-electron chi connectivity index (χ1n) is 1.96. The molecule has 0 fully saturated rings. The van der Waals surface area contributed by atoms with Gasteiger partial charge in [-0.2, -0.15) is 11.8 Å². The molecule has 4 heteroatoms. The van der Waals surface area contributed by atoms with E-state index >= 15 is 0 Å². The second-order valence-corrected chi connectivity index (χ2v) is 2.10. The summed E-state index contributed by atoms with van der Waals surface area (Å²) in [6.45, 7) is 0. The molecule has 0 aliphatic carbocycles. The maximum atomic E-state index is 9.63. The fraction of sp³-hybridized carbons (Fsp3) is 0.750. The molecule has 0 unspecified atom stereocenters.